The number of aromatic nitrogens is 1. The monoisotopic (exact) mass is 424 g/mol. The number of rotatable bonds is 7. The Labute approximate surface area is 181 Å². The first-order valence-electron chi connectivity index (χ1n) is 10.4. The molecule has 3 aromatic rings. The smallest absolute Gasteiger partial charge is 0.190 e. The van der Waals surface area contributed by atoms with Gasteiger partial charge in [0.1, 0.15) is 17.2 Å². The van der Waals surface area contributed by atoms with E-state index in [1.54, 1.807) is 25.6 Å². The lowest BCUT2D eigenvalue weighted by Gasteiger charge is -2.18. The average Bonchev–Trinajstić information content (AvgIpc) is 3.44. The lowest BCUT2D eigenvalue weighted by molar-refractivity contribution is 0.340. The van der Waals surface area contributed by atoms with Crippen LogP contribution in [0.3, 0.4) is 0 Å². The molecule has 0 bridgehead atoms. The van der Waals surface area contributed by atoms with Gasteiger partial charge in [-0.25, -0.2) is 4.99 Å². The molecular weight excluding hydrogens is 396 g/mol. The van der Waals surface area contributed by atoms with Gasteiger partial charge in [0.2, 0.25) is 0 Å². The van der Waals surface area contributed by atoms with Crippen LogP contribution >= 0.6 is 11.3 Å². The van der Waals surface area contributed by atoms with E-state index in [-0.39, 0.29) is 0 Å². The highest BCUT2D eigenvalue weighted by molar-refractivity contribution is 7.07. The van der Waals surface area contributed by atoms with Crippen molar-refractivity contribution in [2.24, 2.45) is 4.99 Å². The Balaban J connectivity index is 1.83. The highest BCUT2D eigenvalue weighted by Gasteiger charge is 2.23. The lowest BCUT2D eigenvalue weighted by atomic mass is 10.1. The van der Waals surface area contributed by atoms with Crippen molar-refractivity contribution in [1.82, 2.24) is 4.57 Å². The van der Waals surface area contributed by atoms with Crippen LogP contribution < -0.4 is 19.0 Å². The highest BCUT2D eigenvalue weighted by Crippen LogP contribution is 2.38. The Morgan fingerprint density at radius 2 is 1.73 bits per heavy atom. The van der Waals surface area contributed by atoms with E-state index in [1.165, 1.54) is 25.7 Å². The van der Waals surface area contributed by atoms with E-state index in [4.69, 9.17) is 19.2 Å². The molecule has 2 aromatic carbocycles. The van der Waals surface area contributed by atoms with Crippen LogP contribution in [0.2, 0.25) is 0 Å². The fraction of sp³-hybridized carbons (Fsp3) is 0.375. The van der Waals surface area contributed by atoms with Crippen LogP contribution in [0.25, 0.3) is 11.3 Å². The van der Waals surface area contributed by atoms with Crippen LogP contribution in [0, 0.1) is 0 Å². The van der Waals surface area contributed by atoms with E-state index >= 15 is 0 Å². The van der Waals surface area contributed by atoms with Crippen molar-refractivity contribution in [1.29, 1.82) is 0 Å². The molecule has 0 N–H and O–H groups in total. The Kier molecular flexibility index (Phi) is 6.43. The van der Waals surface area contributed by atoms with Crippen molar-refractivity contribution < 1.29 is 14.2 Å². The zero-order valence-corrected chi connectivity index (χ0v) is 18.6. The van der Waals surface area contributed by atoms with E-state index in [2.05, 4.69) is 9.95 Å². The molecule has 30 heavy (non-hydrogen) atoms. The zero-order chi connectivity index (χ0) is 20.9. The summed E-state index contributed by atoms with van der Waals surface area (Å²) in [5.41, 5.74) is 3.09. The number of nitrogens with zero attached hydrogens (tertiary/aromatic N) is 2. The number of hydrogen-bond acceptors (Lipinski definition) is 5. The van der Waals surface area contributed by atoms with Crippen molar-refractivity contribution >= 4 is 17.0 Å². The molecule has 1 heterocycles. The van der Waals surface area contributed by atoms with Gasteiger partial charge in [-0.1, -0.05) is 12.8 Å². The van der Waals surface area contributed by atoms with E-state index in [1.807, 2.05) is 49.4 Å². The first-order chi connectivity index (χ1) is 14.7. The molecule has 0 saturated heterocycles. The SMILES string of the molecule is CCOc1ccc(N=c2scc(-c3cc(OC)ccc3OC)n2C2CCCC2)cc1. The van der Waals surface area contributed by atoms with E-state index < -0.39 is 0 Å². The topological polar surface area (TPSA) is 45.0 Å². The summed E-state index contributed by atoms with van der Waals surface area (Å²) in [4.78, 5) is 5.99. The van der Waals surface area contributed by atoms with Gasteiger partial charge < -0.3 is 18.8 Å². The van der Waals surface area contributed by atoms with Gasteiger partial charge in [0, 0.05) is 17.0 Å². The predicted molar refractivity (Wildman–Crippen MR) is 121 cm³/mol. The second-order valence-electron chi connectivity index (χ2n) is 7.32. The maximum absolute atomic E-state index is 5.67. The van der Waals surface area contributed by atoms with Gasteiger partial charge in [0.15, 0.2) is 4.80 Å². The summed E-state index contributed by atoms with van der Waals surface area (Å²) in [7, 11) is 3.40. The van der Waals surface area contributed by atoms with Crippen molar-refractivity contribution in [3.8, 4) is 28.5 Å². The van der Waals surface area contributed by atoms with Crippen LogP contribution in [-0.4, -0.2) is 25.4 Å². The fourth-order valence-electron chi connectivity index (χ4n) is 4.02. The molecule has 6 heteroatoms. The lowest BCUT2D eigenvalue weighted by Crippen LogP contribution is -2.20. The van der Waals surface area contributed by atoms with Crippen LogP contribution in [0.5, 0.6) is 17.2 Å². The maximum atomic E-state index is 5.67. The molecule has 5 nitrogen and oxygen atoms in total. The molecule has 0 amide bonds. The summed E-state index contributed by atoms with van der Waals surface area (Å²) in [5.74, 6) is 2.53. The summed E-state index contributed by atoms with van der Waals surface area (Å²) in [5, 5.41) is 2.18. The summed E-state index contributed by atoms with van der Waals surface area (Å²) in [6.45, 7) is 2.65. The van der Waals surface area contributed by atoms with Crippen LogP contribution in [0.4, 0.5) is 5.69 Å². The minimum absolute atomic E-state index is 0.448. The second-order valence-corrected chi connectivity index (χ2v) is 8.15. The fourth-order valence-corrected chi connectivity index (χ4v) is 5.00. The summed E-state index contributed by atoms with van der Waals surface area (Å²) < 4.78 is 19.1. The van der Waals surface area contributed by atoms with E-state index in [0.29, 0.717) is 12.6 Å². The van der Waals surface area contributed by atoms with Gasteiger partial charge in [0.05, 0.1) is 32.2 Å². The minimum Gasteiger partial charge on any atom is -0.497 e. The average molecular weight is 425 g/mol. The summed E-state index contributed by atoms with van der Waals surface area (Å²) >= 11 is 1.67. The van der Waals surface area contributed by atoms with Gasteiger partial charge >= 0.3 is 0 Å². The maximum Gasteiger partial charge on any atom is 0.190 e. The van der Waals surface area contributed by atoms with Gasteiger partial charge in [-0.05, 0) is 62.2 Å². The number of ether oxygens (including phenoxy) is 3. The summed E-state index contributed by atoms with van der Waals surface area (Å²) in [6.07, 6.45) is 4.86. The first-order valence-corrected chi connectivity index (χ1v) is 11.3. The first kappa shape index (κ1) is 20.5. The van der Waals surface area contributed by atoms with Gasteiger partial charge in [-0.2, -0.15) is 0 Å². The van der Waals surface area contributed by atoms with Crippen LogP contribution in [0.15, 0.2) is 52.8 Å². The Hall–Kier alpha value is -2.73. The molecule has 0 atom stereocenters. The zero-order valence-electron chi connectivity index (χ0n) is 17.8. The van der Waals surface area contributed by atoms with Crippen LogP contribution in [-0.2, 0) is 0 Å². The molecule has 4 rings (SSSR count). The Morgan fingerprint density at radius 1 is 1.00 bits per heavy atom. The molecule has 1 aliphatic rings. The molecule has 1 fully saturated rings. The second kappa shape index (κ2) is 9.39. The number of benzene rings is 2. The number of methoxy groups -OCH3 is 2. The quantitative estimate of drug-likeness (QED) is 0.469. The molecule has 0 spiro atoms. The van der Waals surface area contributed by atoms with Gasteiger partial charge in [-0.15, -0.1) is 11.3 Å². The molecule has 0 radical (unpaired) electrons. The van der Waals surface area contributed by atoms with Crippen molar-refractivity contribution in [3.63, 3.8) is 0 Å². The standard InChI is InChI=1S/C24H28N2O3S/c1-4-29-19-11-9-17(10-12-19)25-24-26(18-7-5-6-8-18)22(16-30-24)21-15-20(27-2)13-14-23(21)28-3/h9-16,18H,4-8H2,1-3H3. The molecule has 1 aromatic heterocycles. The Bertz CT molecular complexity index is 1050. The highest BCUT2D eigenvalue weighted by atomic mass is 32.1. The molecule has 1 saturated carbocycles. The predicted octanol–water partition coefficient (Wildman–Crippen LogP) is 5.98. The number of thiazole rings is 1. The van der Waals surface area contributed by atoms with Crippen molar-refractivity contribution in [2.75, 3.05) is 20.8 Å². The molecule has 0 aliphatic heterocycles. The Morgan fingerprint density at radius 3 is 2.40 bits per heavy atom. The normalized spacial score (nSPS) is 14.8. The third-order valence-corrected chi connectivity index (χ3v) is 6.33. The van der Waals surface area contributed by atoms with Gasteiger partial charge in [-0.3, -0.25) is 0 Å². The number of hydrogen-bond donors (Lipinski definition) is 0. The van der Waals surface area contributed by atoms with Crippen molar-refractivity contribution in [2.45, 2.75) is 38.6 Å². The summed E-state index contributed by atoms with van der Waals surface area (Å²) in [6, 6.07) is 14.4. The largest absolute Gasteiger partial charge is 0.497 e. The third-order valence-electron chi connectivity index (χ3n) is 5.49. The molecule has 1 aliphatic carbocycles. The third kappa shape index (κ3) is 4.24. The minimum atomic E-state index is 0.448. The van der Waals surface area contributed by atoms with Gasteiger partial charge in [0.25, 0.3) is 0 Å². The van der Waals surface area contributed by atoms with E-state index in [0.717, 1.165) is 39.0 Å². The molecular formula is C24H28N2O3S. The molecule has 158 valence electrons. The van der Waals surface area contributed by atoms with E-state index in [9.17, 15) is 0 Å². The van der Waals surface area contributed by atoms with Crippen LogP contribution in [0.1, 0.15) is 38.6 Å². The molecule has 0 unspecified atom stereocenters. The van der Waals surface area contributed by atoms with Crippen molar-refractivity contribution in [3.05, 3.63) is 52.6 Å².